The van der Waals surface area contributed by atoms with E-state index in [0.717, 1.165) is 10.6 Å². The predicted octanol–water partition coefficient (Wildman–Crippen LogP) is 2.02. The molecule has 5 N–H and O–H groups in total. The molecule has 0 bridgehead atoms. The third-order valence-electron chi connectivity index (χ3n) is 4.38. The quantitative estimate of drug-likeness (QED) is 0.289. The summed E-state index contributed by atoms with van der Waals surface area (Å²) in [7, 11) is 1.57. The standard InChI is InChI=1S/C19H22F3N9O2.3H2/c1-18(2,17(32)24-10-19(20,21)22)28-14-8-16(26-11-25-14)30-9-15(29-31(30)23)27-12-4-6-13(33-3)7-5-12;;;/h4-9,11H,10H2,1-3H3,(H4-,23,24,25,26,27,28,29,32);3*1H/p+1. The summed E-state index contributed by atoms with van der Waals surface area (Å²) in [4.78, 5) is 21.4. The van der Waals surface area contributed by atoms with E-state index in [9.17, 15) is 18.0 Å². The Hall–Kier alpha value is -4.10. The van der Waals surface area contributed by atoms with Crippen molar-refractivity contribution in [3.63, 3.8) is 0 Å². The number of ether oxygens (including phenoxy) is 1. The van der Waals surface area contributed by atoms with Crippen molar-refractivity contribution in [3.05, 3.63) is 42.9 Å². The molecule has 182 valence electrons. The van der Waals surface area contributed by atoms with E-state index in [-0.39, 0.29) is 10.1 Å². The Kier molecular flexibility index (Phi) is 6.55. The van der Waals surface area contributed by atoms with Crippen molar-refractivity contribution in [1.29, 1.82) is 0 Å². The fraction of sp³-hybridized carbons (Fsp3) is 0.316. The number of nitrogens with two attached hydrogens (primary N) is 1. The van der Waals surface area contributed by atoms with E-state index in [1.54, 1.807) is 37.6 Å². The second-order valence-electron chi connectivity index (χ2n) is 7.44. The summed E-state index contributed by atoms with van der Waals surface area (Å²) in [5.41, 5.74) is -0.635. The Morgan fingerprint density at radius 2 is 1.91 bits per heavy atom. The number of aromatic nitrogens is 5. The third-order valence-corrected chi connectivity index (χ3v) is 4.38. The van der Waals surface area contributed by atoms with Crippen LogP contribution < -0.4 is 31.2 Å². The molecule has 3 aromatic rings. The maximum Gasteiger partial charge on any atom is 0.405 e. The summed E-state index contributed by atoms with van der Waals surface area (Å²) in [5, 5.41) is 11.9. The highest BCUT2D eigenvalue weighted by Crippen LogP contribution is 2.19. The van der Waals surface area contributed by atoms with Crippen LogP contribution in [-0.2, 0) is 4.79 Å². The first kappa shape index (κ1) is 23.6. The molecule has 0 spiro atoms. The molecule has 33 heavy (non-hydrogen) atoms. The van der Waals surface area contributed by atoms with Crippen molar-refractivity contribution >= 4 is 23.2 Å². The van der Waals surface area contributed by atoms with Crippen LogP contribution in [0.1, 0.15) is 18.1 Å². The minimum Gasteiger partial charge on any atom is -0.497 e. The van der Waals surface area contributed by atoms with E-state index in [1.165, 1.54) is 30.9 Å². The molecule has 14 heteroatoms. The van der Waals surface area contributed by atoms with Gasteiger partial charge in [0, 0.05) is 14.9 Å². The molecule has 1 amide bonds. The molecule has 0 saturated carbocycles. The fourth-order valence-corrected chi connectivity index (χ4v) is 2.73. The van der Waals surface area contributed by atoms with E-state index < -0.39 is 24.2 Å². The number of nitrogens with zero attached hydrogens (tertiary/aromatic N) is 5. The number of halogens is 3. The third kappa shape index (κ3) is 6.21. The minimum absolute atomic E-state index is 0. The van der Waals surface area contributed by atoms with Crippen LogP contribution in [0, 0.1) is 0 Å². The average Bonchev–Trinajstić information content (AvgIpc) is 3.11. The number of amides is 1. The van der Waals surface area contributed by atoms with Crippen molar-refractivity contribution in [3.8, 4) is 11.6 Å². The molecule has 0 saturated heterocycles. The van der Waals surface area contributed by atoms with Crippen LogP contribution in [0.4, 0.5) is 30.5 Å². The summed E-state index contributed by atoms with van der Waals surface area (Å²) in [6.45, 7) is 1.42. The maximum atomic E-state index is 12.4. The van der Waals surface area contributed by atoms with Crippen LogP contribution in [0.15, 0.2) is 42.9 Å². The Bertz CT molecular complexity index is 1130. The smallest absolute Gasteiger partial charge is 0.405 e. The second-order valence-corrected chi connectivity index (χ2v) is 7.44. The molecule has 0 aliphatic rings. The lowest BCUT2D eigenvalue weighted by Gasteiger charge is -2.25. The molecule has 3 rings (SSSR count). The summed E-state index contributed by atoms with van der Waals surface area (Å²) < 4.78 is 43.7. The zero-order valence-corrected chi connectivity index (χ0v) is 18.0. The lowest BCUT2D eigenvalue weighted by molar-refractivity contribution is -0.687. The predicted molar refractivity (Wildman–Crippen MR) is 119 cm³/mol. The molecular formula is C19H29F3N9O2+. The van der Waals surface area contributed by atoms with Gasteiger partial charge in [-0.1, -0.05) is 0 Å². The normalized spacial score (nSPS) is 11.7. The summed E-state index contributed by atoms with van der Waals surface area (Å²) in [6, 6.07) is 8.64. The van der Waals surface area contributed by atoms with Gasteiger partial charge in [-0.05, 0) is 43.2 Å². The Morgan fingerprint density at radius 3 is 2.55 bits per heavy atom. The van der Waals surface area contributed by atoms with Gasteiger partial charge < -0.3 is 20.7 Å². The molecule has 0 fully saturated rings. The monoisotopic (exact) mass is 472 g/mol. The molecule has 11 nitrogen and oxygen atoms in total. The first-order chi connectivity index (χ1) is 15.5. The number of alkyl halides is 3. The number of carbonyl (C=O) groups excluding carboxylic acids is 1. The van der Waals surface area contributed by atoms with Crippen LogP contribution in [-0.4, -0.2) is 51.2 Å². The highest BCUT2D eigenvalue weighted by atomic mass is 19.4. The van der Waals surface area contributed by atoms with Gasteiger partial charge in [-0.3, -0.25) is 4.79 Å². The van der Waals surface area contributed by atoms with Crippen molar-refractivity contribution in [1.82, 2.24) is 25.3 Å². The summed E-state index contributed by atoms with van der Waals surface area (Å²) in [6.07, 6.45) is -1.71. The first-order valence-corrected chi connectivity index (χ1v) is 9.61. The van der Waals surface area contributed by atoms with E-state index in [0.29, 0.717) is 17.4 Å². The van der Waals surface area contributed by atoms with Gasteiger partial charge in [-0.15, -0.1) is 9.67 Å². The van der Waals surface area contributed by atoms with Crippen LogP contribution in [0.25, 0.3) is 5.82 Å². The SMILES string of the molecule is COc1ccc(Nc2c[n+](-c3cc(NC(C)(C)C(=O)NCC(F)(F)F)ncn3)n(N)n2)cc1.[HH].[HH].[HH]. The Morgan fingerprint density at radius 1 is 1.21 bits per heavy atom. The number of hydrogen-bond acceptors (Lipinski definition) is 8. The first-order valence-electron chi connectivity index (χ1n) is 9.61. The average molecular weight is 472 g/mol. The lowest BCUT2D eigenvalue weighted by Crippen LogP contribution is -2.50. The summed E-state index contributed by atoms with van der Waals surface area (Å²) >= 11 is 0. The van der Waals surface area contributed by atoms with Gasteiger partial charge in [0.25, 0.3) is 5.82 Å². The number of nitrogen functional groups attached to an aromatic ring is 1. The molecule has 2 aromatic heterocycles. The molecule has 0 radical (unpaired) electrons. The number of methoxy groups -OCH3 is 1. The molecule has 1 aromatic carbocycles. The number of hydrogen-bond donors (Lipinski definition) is 4. The number of anilines is 3. The maximum absolute atomic E-state index is 12.4. The van der Waals surface area contributed by atoms with Crippen LogP contribution in [0.2, 0.25) is 0 Å². The summed E-state index contributed by atoms with van der Waals surface area (Å²) in [5.74, 6) is 6.72. The topological polar surface area (TPSA) is 136 Å². The van der Waals surface area contributed by atoms with E-state index >= 15 is 0 Å². The number of rotatable bonds is 8. The number of benzene rings is 1. The van der Waals surface area contributed by atoms with Crippen LogP contribution >= 0.6 is 0 Å². The van der Waals surface area contributed by atoms with E-state index in [1.807, 2.05) is 5.32 Å². The van der Waals surface area contributed by atoms with Gasteiger partial charge >= 0.3 is 6.18 Å². The van der Waals surface area contributed by atoms with Gasteiger partial charge in [0.15, 0.2) is 6.33 Å². The van der Waals surface area contributed by atoms with Gasteiger partial charge in [-0.2, -0.15) is 13.2 Å². The highest BCUT2D eigenvalue weighted by molar-refractivity contribution is 5.88. The Labute approximate surface area is 191 Å². The van der Waals surface area contributed by atoms with Gasteiger partial charge in [0.1, 0.15) is 29.8 Å². The molecule has 2 heterocycles. The second kappa shape index (κ2) is 9.18. The Balaban J connectivity index is 0.00000408. The van der Waals surface area contributed by atoms with Gasteiger partial charge in [0.05, 0.1) is 13.2 Å². The molecule has 0 unspecified atom stereocenters. The largest absolute Gasteiger partial charge is 0.497 e. The molecule has 0 aliphatic heterocycles. The minimum atomic E-state index is -4.51. The van der Waals surface area contributed by atoms with E-state index in [4.69, 9.17) is 10.6 Å². The van der Waals surface area contributed by atoms with Crippen LogP contribution in [0.5, 0.6) is 5.75 Å². The van der Waals surface area contributed by atoms with Gasteiger partial charge in [-0.25, -0.2) is 10.8 Å². The van der Waals surface area contributed by atoms with Crippen molar-refractivity contribution in [2.75, 3.05) is 30.1 Å². The molecule has 0 atom stereocenters. The fourth-order valence-electron chi connectivity index (χ4n) is 2.73. The van der Waals surface area contributed by atoms with Crippen LogP contribution in [0.3, 0.4) is 0 Å². The molecular weight excluding hydrogens is 443 g/mol. The van der Waals surface area contributed by atoms with E-state index in [2.05, 4.69) is 25.7 Å². The van der Waals surface area contributed by atoms with Crippen molar-refractivity contribution in [2.24, 2.45) is 0 Å². The molecule has 0 aliphatic carbocycles. The van der Waals surface area contributed by atoms with Crippen molar-refractivity contribution < 1.29 is 31.7 Å². The lowest BCUT2D eigenvalue weighted by atomic mass is 10.0. The zero-order chi connectivity index (χ0) is 24.2. The zero-order valence-electron chi connectivity index (χ0n) is 18.0. The van der Waals surface area contributed by atoms with Gasteiger partial charge in [0.2, 0.25) is 11.7 Å². The number of carbonyl (C=O) groups is 1. The number of nitrogens with one attached hydrogen (secondary N) is 3. The van der Waals surface area contributed by atoms with Crippen molar-refractivity contribution in [2.45, 2.75) is 25.6 Å². The highest BCUT2D eigenvalue weighted by Gasteiger charge is 2.33.